The molecule has 0 aliphatic rings. The smallest absolute Gasteiger partial charge is 0.165 e. The molecular formula is C11H15ClFNO. The van der Waals surface area contributed by atoms with Crippen LogP contribution in [0.3, 0.4) is 0 Å². The molecule has 1 aromatic carbocycles. The normalized spacial score (nSPS) is 11.7. The molecule has 1 rings (SSSR count). The number of ether oxygens (including phenoxy) is 1. The van der Waals surface area contributed by atoms with E-state index in [-0.39, 0.29) is 5.75 Å². The average Bonchev–Trinajstić information content (AvgIpc) is 2.08. The van der Waals surface area contributed by atoms with Gasteiger partial charge in [-0.05, 0) is 32.4 Å². The van der Waals surface area contributed by atoms with Gasteiger partial charge in [-0.2, -0.15) is 0 Å². The van der Waals surface area contributed by atoms with Gasteiger partial charge in [-0.15, -0.1) is 0 Å². The number of rotatable bonds is 2. The quantitative estimate of drug-likeness (QED) is 0.849. The number of aryl methyl sites for hydroxylation is 1. The molecule has 0 saturated carbocycles. The van der Waals surface area contributed by atoms with Gasteiger partial charge in [0.25, 0.3) is 0 Å². The first kappa shape index (κ1) is 12.3. The van der Waals surface area contributed by atoms with E-state index in [1.54, 1.807) is 20.8 Å². The molecule has 2 N–H and O–H groups in total. The summed E-state index contributed by atoms with van der Waals surface area (Å²) in [6.07, 6.45) is 0. The molecule has 84 valence electrons. The van der Waals surface area contributed by atoms with Crippen molar-refractivity contribution in [1.29, 1.82) is 0 Å². The van der Waals surface area contributed by atoms with Crippen molar-refractivity contribution in [2.24, 2.45) is 5.73 Å². The molecule has 0 unspecified atom stereocenters. The van der Waals surface area contributed by atoms with E-state index in [1.165, 1.54) is 13.2 Å². The lowest BCUT2D eigenvalue weighted by atomic mass is 9.92. The summed E-state index contributed by atoms with van der Waals surface area (Å²) in [6, 6.07) is 1.34. The van der Waals surface area contributed by atoms with Crippen LogP contribution in [0, 0.1) is 12.7 Å². The highest BCUT2D eigenvalue weighted by atomic mass is 35.5. The van der Waals surface area contributed by atoms with Gasteiger partial charge in [0, 0.05) is 11.1 Å². The number of benzene rings is 1. The van der Waals surface area contributed by atoms with Crippen molar-refractivity contribution in [2.75, 3.05) is 7.11 Å². The molecule has 0 aliphatic heterocycles. The topological polar surface area (TPSA) is 35.2 Å². The molecule has 4 heteroatoms. The molecule has 15 heavy (non-hydrogen) atoms. The largest absolute Gasteiger partial charge is 0.493 e. The van der Waals surface area contributed by atoms with Crippen molar-refractivity contribution in [3.05, 3.63) is 28.0 Å². The fourth-order valence-corrected chi connectivity index (χ4v) is 1.89. The van der Waals surface area contributed by atoms with Gasteiger partial charge >= 0.3 is 0 Å². The van der Waals surface area contributed by atoms with Gasteiger partial charge < -0.3 is 10.5 Å². The second kappa shape index (κ2) is 3.99. The highest BCUT2D eigenvalue weighted by Crippen LogP contribution is 2.38. The predicted octanol–water partition coefficient (Wildman–Crippen LogP) is 2.99. The first-order chi connectivity index (χ1) is 6.79. The molecular weight excluding hydrogens is 217 g/mol. The summed E-state index contributed by atoms with van der Waals surface area (Å²) in [5, 5.41) is 0.459. The standard InChI is InChI=1S/C11H15ClFNO/c1-6-5-7(13)10(15-4)8(9(6)12)11(2,3)14/h5H,14H2,1-4H3. The summed E-state index contributed by atoms with van der Waals surface area (Å²) < 4.78 is 18.6. The highest BCUT2D eigenvalue weighted by molar-refractivity contribution is 6.32. The average molecular weight is 232 g/mol. The van der Waals surface area contributed by atoms with Crippen LogP contribution >= 0.6 is 11.6 Å². The molecule has 0 saturated heterocycles. The molecule has 2 nitrogen and oxygen atoms in total. The molecule has 0 aliphatic carbocycles. The van der Waals surface area contributed by atoms with Gasteiger partial charge in [0.05, 0.1) is 12.1 Å². The number of hydrogen-bond acceptors (Lipinski definition) is 2. The monoisotopic (exact) mass is 231 g/mol. The van der Waals surface area contributed by atoms with E-state index in [0.717, 1.165) is 0 Å². The summed E-state index contributed by atoms with van der Waals surface area (Å²) >= 11 is 6.11. The zero-order valence-electron chi connectivity index (χ0n) is 9.32. The predicted molar refractivity (Wildman–Crippen MR) is 59.9 cm³/mol. The van der Waals surface area contributed by atoms with Crippen molar-refractivity contribution >= 4 is 11.6 Å². The van der Waals surface area contributed by atoms with Crippen molar-refractivity contribution in [3.8, 4) is 5.75 Å². The van der Waals surface area contributed by atoms with Crippen molar-refractivity contribution in [2.45, 2.75) is 26.3 Å². The molecule has 0 amide bonds. The number of halogens is 2. The van der Waals surface area contributed by atoms with Crippen LogP contribution in [0.15, 0.2) is 6.07 Å². The Morgan fingerprint density at radius 2 is 2.00 bits per heavy atom. The first-order valence-corrected chi connectivity index (χ1v) is 4.98. The third kappa shape index (κ3) is 2.24. The van der Waals surface area contributed by atoms with Gasteiger partial charge in [-0.1, -0.05) is 11.6 Å². The summed E-state index contributed by atoms with van der Waals surface area (Å²) in [5.74, 6) is -0.314. The van der Waals surface area contributed by atoms with Crippen molar-refractivity contribution < 1.29 is 9.13 Å². The van der Waals surface area contributed by atoms with Crippen LogP contribution in [0.5, 0.6) is 5.75 Å². The van der Waals surface area contributed by atoms with E-state index < -0.39 is 11.4 Å². The summed E-state index contributed by atoms with van der Waals surface area (Å²) in [4.78, 5) is 0. The molecule has 0 heterocycles. The maximum absolute atomic E-state index is 13.6. The van der Waals surface area contributed by atoms with Crippen LogP contribution in [-0.2, 0) is 5.54 Å². The second-order valence-corrected chi connectivity index (χ2v) is 4.50. The lowest BCUT2D eigenvalue weighted by Gasteiger charge is -2.24. The second-order valence-electron chi connectivity index (χ2n) is 4.12. The van der Waals surface area contributed by atoms with Crippen LogP contribution in [0.25, 0.3) is 0 Å². The minimum Gasteiger partial charge on any atom is -0.493 e. The summed E-state index contributed by atoms with van der Waals surface area (Å²) in [5.41, 5.74) is 6.36. The number of nitrogens with two attached hydrogens (primary N) is 1. The fraction of sp³-hybridized carbons (Fsp3) is 0.455. The lowest BCUT2D eigenvalue weighted by Crippen LogP contribution is -2.30. The lowest BCUT2D eigenvalue weighted by molar-refractivity contribution is 0.368. The molecule has 0 bridgehead atoms. The van der Waals surface area contributed by atoms with E-state index in [1.807, 2.05) is 0 Å². The Morgan fingerprint density at radius 1 is 1.47 bits per heavy atom. The SMILES string of the molecule is COc1c(F)cc(C)c(Cl)c1C(C)(C)N. The van der Waals surface area contributed by atoms with Crippen LogP contribution in [0.4, 0.5) is 4.39 Å². The van der Waals surface area contributed by atoms with Gasteiger partial charge in [0.2, 0.25) is 0 Å². The molecule has 1 aromatic rings. The Balaban J connectivity index is 3.59. The zero-order valence-corrected chi connectivity index (χ0v) is 10.1. The molecule has 0 fully saturated rings. The Morgan fingerprint density at radius 3 is 2.40 bits per heavy atom. The maximum Gasteiger partial charge on any atom is 0.165 e. The highest BCUT2D eigenvalue weighted by Gasteiger charge is 2.26. The molecule has 0 spiro atoms. The summed E-state index contributed by atoms with van der Waals surface area (Å²) in [6.45, 7) is 5.26. The Labute approximate surface area is 94.2 Å². The minimum absolute atomic E-state index is 0.123. The van der Waals surface area contributed by atoms with Gasteiger partial charge in [-0.3, -0.25) is 0 Å². The third-order valence-electron chi connectivity index (χ3n) is 2.20. The third-order valence-corrected chi connectivity index (χ3v) is 2.69. The Kier molecular flexibility index (Phi) is 3.26. The fourth-order valence-electron chi connectivity index (χ4n) is 1.51. The van der Waals surface area contributed by atoms with Crippen LogP contribution in [0.1, 0.15) is 25.0 Å². The van der Waals surface area contributed by atoms with Crippen LogP contribution < -0.4 is 10.5 Å². The van der Waals surface area contributed by atoms with Crippen LogP contribution in [-0.4, -0.2) is 7.11 Å². The van der Waals surface area contributed by atoms with E-state index in [4.69, 9.17) is 22.1 Å². The summed E-state index contributed by atoms with van der Waals surface area (Å²) in [7, 11) is 1.40. The minimum atomic E-state index is -0.741. The Hall–Kier alpha value is -0.800. The van der Waals surface area contributed by atoms with E-state index in [0.29, 0.717) is 16.1 Å². The van der Waals surface area contributed by atoms with E-state index >= 15 is 0 Å². The molecule has 0 atom stereocenters. The molecule has 0 aromatic heterocycles. The van der Waals surface area contributed by atoms with Crippen molar-refractivity contribution in [3.63, 3.8) is 0 Å². The molecule has 0 radical (unpaired) electrons. The number of methoxy groups -OCH3 is 1. The maximum atomic E-state index is 13.6. The van der Waals surface area contributed by atoms with E-state index in [9.17, 15) is 4.39 Å². The number of hydrogen-bond donors (Lipinski definition) is 1. The van der Waals surface area contributed by atoms with E-state index in [2.05, 4.69) is 0 Å². The Bertz CT molecular complexity index is 385. The van der Waals surface area contributed by atoms with Crippen molar-refractivity contribution in [1.82, 2.24) is 0 Å². The van der Waals surface area contributed by atoms with Gasteiger partial charge in [-0.25, -0.2) is 4.39 Å². The van der Waals surface area contributed by atoms with Crippen LogP contribution in [0.2, 0.25) is 5.02 Å². The first-order valence-electron chi connectivity index (χ1n) is 4.61. The zero-order chi connectivity index (χ0) is 11.8. The van der Waals surface area contributed by atoms with Gasteiger partial charge in [0.1, 0.15) is 0 Å². The van der Waals surface area contributed by atoms with Gasteiger partial charge in [0.15, 0.2) is 11.6 Å².